The third kappa shape index (κ3) is 26.7. The average molecular weight is 1160 g/mol. The molecular formula is C76H116O8. The maximum absolute atomic E-state index is 15.8. The molecule has 468 valence electrons. The maximum Gasteiger partial charge on any atom is 0.204 e. The molecule has 1 aliphatic carbocycles. The number of benzene rings is 4. The van der Waals surface area contributed by atoms with Crippen LogP contribution in [0.2, 0.25) is 0 Å². The minimum atomic E-state index is -0.345. The van der Waals surface area contributed by atoms with Crippen LogP contribution in [0, 0.1) is 0 Å². The van der Waals surface area contributed by atoms with E-state index in [0.29, 0.717) is 49.4 Å². The van der Waals surface area contributed by atoms with Crippen LogP contribution in [0.3, 0.4) is 0 Å². The molecule has 0 fully saturated rings. The van der Waals surface area contributed by atoms with Gasteiger partial charge in [-0.05, 0) is 48.9 Å². The van der Waals surface area contributed by atoms with Gasteiger partial charge < -0.3 is 28.4 Å². The molecule has 0 bridgehead atoms. The Morgan fingerprint density at radius 3 is 0.762 bits per heavy atom. The van der Waals surface area contributed by atoms with Gasteiger partial charge in [-0.15, -0.1) is 0 Å². The summed E-state index contributed by atoms with van der Waals surface area (Å²) < 4.78 is 40.8. The lowest BCUT2D eigenvalue weighted by molar-refractivity contribution is 0.0967. The molecule has 0 amide bonds. The van der Waals surface area contributed by atoms with E-state index in [-0.39, 0.29) is 58.5 Å². The molecule has 0 saturated heterocycles. The Kier molecular flexibility index (Phi) is 37.7. The van der Waals surface area contributed by atoms with Gasteiger partial charge in [-0.3, -0.25) is 9.59 Å². The van der Waals surface area contributed by atoms with Gasteiger partial charge in [0.1, 0.15) is 13.2 Å². The summed E-state index contributed by atoms with van der Waals surface area (Å²) in [5, 5.41) is 0. The van der Waals surface area contributed by atoms with Crippen molar-refractivity contribution in [2.24, 2.45) is 0 Å². The van der Waals surface area contributed by atoms with Crippen molar-refractivity contribution in [3.8, 4) is 34.5 Å². The Balaban J connectivity index is 1.49. The lowest BCUT2D eigenvalue weighted by atomic mass is 9.82. The van der Waals surface area contributed by atoms with E-state index in [2.05, 4.69) is 27.7 Å². The zero-order chi connectivity index (χ0) is 59.3. The van der Waals surface area contributed by atoms with Crippen LogP contribution in [0.15, 0.2) is 72.8 Å². The first-order valence-electron chi connectivity index (χ1n) is 34.9. The lowest BCUT2D eigenvalue weighted by Gasteiger charge is -2.27. The molecule has 4 aromatic carbocycles. The molecule has 0 radical (unpaired) electrons. The first kappa shape index (κ1) is 69.8. The van der Waals surface area contributed by atoms with Crippen LogP contribution in [0.5, 0.6) is 34.5 Å². The van der Waals surface area contributed by atoms with E-state index in [4.69, 9.17) is 28.4 Å². The summed E-state index contributed by atoms with van der Waals surface area (Å²) in [4.78, 5) is 31.6. The molecule has 0 atom stereocenters. The van der Waals surface area contributed by atoms with Crippen LogP contribution < -0.4 is 28.4 Å². The largest absolute Gasteiger partial charge is 0.490 e. The molecule has 4 aromatic rings. The van der Waals surface area contributed by atoms with E-state index in [1.165, 1.54) is 180 Å². The van der Waals surface area contributed by atoms with Gasteiger partial charge in [-0.2, -0.15) is 0 Å². The fraction of sp³-hybridized carbons (Fsp3) is 0.658. The maximum atomic E-state index is 15.8. The molecular weight excluding hydrogens is 1040 g/mol. The summed E-state index contributed by atoms with van der Waals surface area (Å²) in [6, 6.07) is 23.4. The van der Waals surface area contributed by atoms with Crippen molar-refractivity contribution in [3.63, 3.8) is 0 Å². The Hall–Kier alpha value is -4.98. The van der Waals surface area contributed by atoms with Crippen LogP contribution in [0.25, 0.3) is 0 Å². The number of hydrogen-bond donors (Lipinski definition) is 0. The first-order chi connectivity index (χ1) is 41.5. The lowest BCUT2D eigenvalue weighted by Crippen LogP contribution is -2.25. The number of unbranched alkanes of at least 4 members (excludes halogenated alkanes) is 36. The van der Waals surface area contributed by atoms with Gasteiger partial charge >= 0.3 is 0 Å². The number of fused-ring (bicyclic) bond motifs is 2. The number of ketones is 2. The monoisotopic (exact) mass is 1160 g/mol. The number of carbonyl (C=O) groups is 2. The second kappa shape index (κ2) is 45.4. The summed E-state index contributed by atoms with van der Waals surface area (Å²) in [6.45, 7) is 11.2. The molecule has 1 aliphatic rings. The predicted molar refractivity (Wildman–Crippen MR) is 351 cm³/mol. The summed E-state index contributed by atoms with van der Waals surface area (Å²) in [7, 11) is 0. The Bertz CT molecular complexity index is 2160. The quantitative estimate of drug-likeness (QED) is 0.0356. The minimum Gasteiger partial charge on any atom is -0.490 e. The number of carbonyl (C=O) groups excluding carboxylic acids is 2. The third-order valence-corrected chi connectivity index (χ3v) is 16.8. The van der Waals surface area contributed by atoms with Crippen LogP contribution >= 0.6 is 0 Å². The van der Waals surface area contributed by atoms with E-state index < -0.39 is 0 Å². The Morgan fingerprint density at radius 2 is 0.500 bits per heavy atom. The second-order valence-electron chi connectivity index (χ2n) is 24.2. The van der Waals surface area contributed by atoms with Gasteiger partial charge in [0.15, 0.2) is 34.6 Å². The fourth-order valence-corrected chi connectivity index (χ4v) is 11.6. The second-order valence-corrected chi connectivity index (χ2v) is 24.2. The Morgan fingerprint density at radius 1 is 0.262 bits per heavy atom. The molecule has 84 heavy (non-hydrogen) atoms. The highest BCUT2D eigenvalue weighted by Crippen LogP contribution is 2.51. The van der Waals surface area contributed by atoms with Gasteiger partial charge in [-0.25, -0.2) is 0 Å². The normalized spacial score (nSPS) is 11.9. The molecule has 8 heteroatoms. The summed E-state index contributed by atoms with van der Waals surface area (Å²) in [6.07, 6.45) is 48.3. The van der Waals surface area contributed by atoms with Crippen LogP contribution in [0.4, 0.5) is 0 Å². The van der Waals surface area contributed by atoms with Crippen LogP contribution in [0.1, 0.15) is 327 Å². The molecule has 0 aliphatic heterocycles. The average Bonchev–Trinajstić information content (AvgIpc) is 1.03. The molecule has 0 spiro atoms. The fourth-order valence-electron chi connectivity index (χ4n) is 11.6. The van der Waals surface area contributed by atoms with Crippen molar-refractivity contribution in [1.29, 1.82) is 0 Å². The van der Waals surface area contributed by atoms with Crippen molar-refractivity contribution in [2.75, 3.05) is 26.4 Å². The SMILES string of the molecule is CCCCCCCCCCCCOc1cc2c(c(OCc3ccccc3)c1OCCCCCCCCCCCC)C(=O)c1cc(OCCCCCCCCCCCC)c(OCCCCCCCCCCCC)c(OCc3ccccc3)c1C2=O. The molecule has 5 rings (SSSR count). The minimum absolute atomic E-state index is 0.169. The zero-order valence-electron chi connectivity index (χ0n) is 53.7. The van der Waals surface area contributed by atoms with Crippen molar-refractivity contribution in [3.05, 3.63) is 106 Å². The van der Waals surface area contributed by atoms with Gasteiger partial charge in [0, 0.05) is 11.1 Å². The topological polar surface area (TPSA) is 89.5 Å². The molecule has 0 unspecified atom stereocenters. The molecule has 8 nitrogen and oxygen atoms in total. The van der Waals surface area contributed by atoms with Crippen molar-refractivity contribution >= 4 is 11.6 Å². The van der Waals surface area contributed by atoms with Crippen LogP contribution in [-0.2, 0) is 13.2 Å². The van der Waals surface area contributed by atoms with E-state index in [1.807, 2.05) is 60.7 Å². The Labute approximate surface area is 512 Å². The smallest absolute Gasteiger partial charge is 0.204 e. The highest BCUT2D eigenvalue weighted by Gasteiger charge is 2.41. The van der Waals surface area contributed by atoms with E-state index in [0.717, 1.165) is 88.2 Å². The van der Waals surface area contributed by atoms with Gasteiger partial charge in [0.2, 0.25) is 11.5 Å². The van der Waals surface area contributed by atoms with Gasteiger partial charge in [0.05, 0.1) is 37.6 Å². The van der Waals surface area contributed by atoms with E-state index in [9.17, 15) is 0 Å². The molecule has 0 N–H and O–H groups in total. The molecule has 0 saturated carbocycles. The predicted octanol–water partition coefficient (Wildman–Crippen LogP) is 22.8. The first-order valence-corrected chi connectivity index (χ1v) is 34.9. The van der Waals surface area contributed by atoms with Crippen LogP contribution in [-0.4, -0.2) is 38.0 Å². The van der Waals surface area contributed by atoms with E-state index >= 15 is 9.59 Å². The van der Waals surface area contributed by atoms with Gasteiger partial charge in [-0.1, -0.05) is 320 Å². The number of hydrogen-bond acceptors (Lipinski definition) is 8. The van der Waals surface area contributed by atoms with Crippen molar-refractivity contribution in [2.45, 2.75) is 298 Å². The molecule has 0 aromatic heterocycles. The number of ether oxygens (including phenoxy) is 6. The summed E-state index contributed by atoms with van der Waals surface area (Å²) in [5.41, 5.74) is 2.65. The highest BCUT2D eigenvalue weighted by molar-refractivity contribution is 6.31. The zero-order valence-corrected chi connectivity index (χ0v) is 53.7. The summed E-state index contributed by atoms with van der Waals surface area (Å²) in [5.74, 6) is 1.40. The van der Waals surface area contributed by atoms with Crippen molar-refractivity contribution in [1.82, 2.24) is 0 Å². The van der Waals surface area contributed by atoms with Gasteiger partial charge in [0.25, 0.3) is 0 Å². The highest BCUT2D eigenvalue weighted by atomic mass is 16.5. The third-order valence-electron chi connectivity index (χ3n) is 16.8. The standard InChI is InChI=1S/C76H116O8/c1-5-9-13-17-21-25-29-33-37-47-55-79-67-59-65-69(75(83-61-63-51-43-41-44-52-63)73(67)81-57-49-39-35-31-27-23-19-15-11-7-3)72(78)66-60-68(80-56-48-38-34-30-26-22-18-14-10-6-2)74(82-58-50-40-36-32-28-24-20-16-12-8-4)76(70(66)71(65)77)84-62-64-53-45-42-46-54-64/h41-46,51-54,59-60H,5-40,47-50,55-58,61-62H2,1-4H3. The van der Waals surface area contributed by atoms with Crippen molar-refractivity contribution < 1.29 is 38.0 Å². The van der Waals surface area contributed by atoms with E-state index in [1.54, 1.807) is 12.1 Å². The number of rotatable bonds is 54. The summed E-state index contributed by atoms with van der Waals surface area (Å²) >= 11 is 0. The molecule has 0 heterocycles.